The molecule has 0 atom stereocenters. The molecule has 1 amide bonds. The summed E-state index contributed by atoms with van der Waals surface area (Å²) in [6, 6.07) is 14.1. The Morgan fingerprint density at radius 1 is 1.07 bits per heavy atom. The van der Waals surface area contributed by atoms with Crippen LogP contribution in [0.15, 0.2) is 54.7 Å². The molecule has 0 radical (unpaired) electrons. The predicted molar refractivity (Wildman–Crippen MR) is 116 cm³/mol. The highest BCUT2D eigenvalue weighted by Gasteiger charge is 2.26. The van der Waals surface area contributed by atoms with Gasteiger partial charge in [-0.05, 0) is 50.2 Å². The van der Waals surface area contributed by atoms with Crippen molar-refractivity contribution < 1.29 is 9.18 Å². The van der Waals surface area contributed by atoms with Crippen LogP contribution >= 0.6 is 0 Å². The molecule has 4 rings (SSSR count). The molecule has 30 heavy (non-hydrogen) atoms. The molecule has 5 nitrogen and oxygen atoms in total. The van der Waals surface area contributed by atoms with Crippen LogP contribution in [0.5, 0.6) is 0 Å². The van der Waals surface area contributed by atoms with E-state index in [1.807, 2.05) is 36.1 Å². The molecular weight excluding hydrogens is 379 g/mol. The number of piperazine rings is 1. The summed E-state index contributed by atoms with van der Waals surface area (Å²) in [5, 5.41) is 4.72. The Morgan fingerprint density at radius 2 is 1.80 bits per heavy atom. The molecule has 2 aromatic carbocycles. The van der Waals surface area contributed by atoms with Crippen LogP contribution in [-0.2, 0) is 0 Å². The molecule has 0 bridgehead atoms. The fourth-order valence-electron chi connectivity index (χ4n) is 3.92. The van der Waals surface area contributed by atoms with E-state index < -0.39 is 0 Å². The highest BCUT2D eigenvalue weighted by atomic mass is 19.1. The van der Waals surface area contributed by atoms with Crippen molar-refractivity contribution in [3.05, 3.63) is 71.7 Å². The van der Waals surface area contributed by atoms with E-state index in [9.17, 15) is 9.18 Å². The summed E-state index contributed by atoms with van der Waals surface area (Å²) in [5.74, 6) is -0.304. The number of hydrogen-bond donors (Lipinski definition) is 0. The Balaban J connectivity index is 1.68. The molecule has 6 heteroatoms. The monoisotopic (exact) mass is 406 g/mol. The van der Waals surface area contributed by atoms with Crippen molar-refractivity contribution in [3.8, 4) is 16.9 Å². The molecule has 1 aliphatic rings. The Morgan fingerprint density at radius 3 is 2.47 bits per heavy atom. The minimum Gasteiger partial charge on any atom is -0.336 e. The summed E-state index contributed by atoms with van der Waals surface area (Å²) in [4.78, 5) is 17.7. The van der Waals surface area contributed by atoms with Gasteiger partial charge in [-0.1, -0.05) is 30.7 Å². The van der Waals surface area contributed by atoms with E-state index in [0.717, 1.165) is 42.9 Å². The maximum absolute atomic E-state index is 13.4. The van der Waals surface area contributed by atoms with Gasteiger partial charge in [-0.15, -0.1) is 0 Å². The first-order chi connectivity index (χ1) is 14.5. The van der Waals surface area contributed by atoms with Crippen LogP contribution in [0.4, 0.5) is 4.39 Å². The van der Waals surface area contributed by atoms with Gasteiger partial charge in [0, 0.05) is 37.9 Å². The van der Waals surface area contributed by atoms with Gasteiger partial charge in [0.25, 0.3) is 5.91 Å². The molecule has 156 valence electrons. The van der Waals surface area contributed by atoms with Crippen LogP contribution in [0.3, 0.4) is 0 Å². The molecule has 1 fully saturated rings. The van der Waals surface area contributed by atoms with Gasteiger partial charge in [0.2, 0.25) is 0 Å². The van der Waals surface area contributed by atoms with Gasteiger partial charge in [0.15, 0.2) is 0 Å². The largest absolute Gasteiger partial charge is 0.336 e. The molecule has 0 spiro atoms. The fourth-order valence-corrected chi connectivity index (χ4v) is 3.92. The van der Waals surface area contributed by atoms with Crippen LogP contribution < -0.4 is 0 Å². The fraction of sp³-hybridized carbons (Fsp3) is 0.333. The molecule has 1 aliphatic heterocycles. The number of amides is 1. The lowest BCUT2D eigenvalue weighted by atomic mass is 10.0. The first kappa shape index (κ1) is 20.3. The topological polar surface area (TPSA) is 41.4 Å². The summed E-state index contributed by atoms with van der Waals surface area (Å²) >= 11 is 0. The second-order valence-electron chi connectivity index (χ2n) is 7.82. The quantitative estimate of drug-likeness (QED) is 0.639. The molecule has 2 heterocycles. The van der Waals surface area contributed by atoms with Crippen molar-refractivity contribution in [2.24, 2.45) is 0 Å². The van der Waals surface area contributed by atoms with Gasteiger partial charge in [0.05, 0.1) is 11.3 Å². The van der Waals surface area contributed by atoms with Crippen molar-refractivity contribution in [1.29, 1.82) is 0 Å². The molecule has 0 aliphatic carbocycles. The van der Waals surface area contributed by atoms with Crippen molar-refractivity contribution in [3.63, 3.8) is 0 Å². The van der Waals surface area contributed by atoms with Crippen LogP contribution in [-0.4, -0.2) is 58.2 Å². The zero-order chi connectivity index (χ0) is 21.1. The van der Waals surface area contributed by atoms with Crippen molar-refractivity contribution in [2.75, 3.05) is 32.7 Å². The minimum absolute atomic E-state index is 0.00369. The van der Waals surface area contributed by atoms with Gasteiger partial charge in [-0.25, -0.2) is 9.07 Å². The van der Waals surface area contributed by atoms with Gasteiger partial charge in [-0.3, -0.25) is 9.69 Å². The lowest BCUT2D eigenvalue weighted by Crippen LogP contribution is -2.48. The zero-order valence-electron chi connectivity index (χ0n) is 17.5. The average Bonchev–Trinajstić information content (AvgIpc) is 3.20. The standard InChI is InChI=1S/C24H27FN4O/c1-3-11-27-12-14-28(15-13-27)24(30)22-17-29(21-9-7-20(25)8-10-21)26-23(22)19-6-4-5-18(2)16-19/h4-10,16-17H,3,11-15H2,1-2H3. The number of carbonyl (C=O) groups excluding carboxylic acids is 1. The van der Waals surface area contributed by atoms with Gasteiger partial charge < -0.3 is 4.90 Å². The highest BCUT2D eigenvalue weighted by Crippen LogP contribution is 2.26. The first-order valence-electron chi connectivity index (χ1n) is 10.5. The van der Waals surface area contributed by atoms with E-state index in [0.29, 0.717) is 24.3 Å². The van der Waals surface area contributed by atoms with Gasteiger partial charge in [-0.2, -0.15) is 5.10 Å². The minimum atomic E-state index is -0.300. The Bertz CT molecular complexity index is 1020. The SMILES string of the molecule is CCCN1CCN(C(=O)c2cn(-c3ccc(F)cc3)nc2-c2cccc(C)c2)CC1. The number of aromatic nitrogens is 2. The number of halogens is 1. The second-order valence-corrected chi connectivity index (χ2v) is 7.82. The maximum Gasteiger partial charge on any atom is 0.257 e. The normalized spacial score (nSPS) is 14.8. The number of benzene rings is 2. The third kappa shape index (κ3) is 4.28. The van der Waals surface area contributed by atoms with Crippen LogP contribution in [0, 0.1) is 12.7 Å². The Labute approximate surface area is 176 Å². The van der Waals surface area contributed by atoms with Crippen LogP contribution in [0.2, 0.25) is 0 Å². The second kappa shape index (κ2) is 8.79. The predicted octanol–water partition coefficient (Wildman–Crippen LogP) is 4.15. The molecule has 1 aromatic heterocycles. The van der Waals surface area contributed by atoms with Crippen molar-refractivity contribution in [1.82, 2.24) is 19.6 Å². The molecule has 0 unspecified atom stereocenters. The van der Waals surface area contributed by atoms with Gasteiger partial charge in [0.1, 0.15) is 11.5 Å². The summed E-state index contributed by atoms with van der Waals surface area (Å²) < 4.78 is 15.0. The first-order valence-corrected chi connectivity index (χ1v) is 10.5. The van der Waals surface area contributed by atoms with E-state index in [4.69, 9.17) is 5.10 Å². The third-order valence-electron chi connectivity index (χ3n) is 5.53. The molecular formula is C24H27FN4O. The smallest absolute Gasteiger partial charge is 0.257 e. The summed E-state index contributed by atoms with van der Waals surface area (Å²) in [6.45, 7) is 8.49. The summed E-state index contributed by atoms with van der Waals surface area (Å²) in [5.41, 5.74) is 3.97. The van der Waals surface area contributed by atoms with E-state index in [2.05, 4.69) is 11.8 Å². The number of aryl methyl sites for hydroxylation is 1. The van der Waals surface area contributed by atoms with Crippen molar-refractivity contribution in [2.45, 2.75) is 20.3 Å². The van der Waals surface area contributed by atoms with E-state index in [1.54, 1.807) is 23.0 Å². The van der Waals surface area contributed by atoms with E-state index >= 15 is 0 Å². The third-order valence-corrected chi connectivity index (χ3v) is 5.53. The summed E-state index contributed by atoms with van der Waals surface area (Å²) in [6.07, 6.45) is 2.89. The highest BCUT2D eigenvalue weighted by molar-refractivity contribution is 6.00. The zero-order valence-corrected chi connectivity index (χ0v) is 17.5. The number of rotatable bonds is 5. The maximum atomic E-state index is 13.4. The molecule has 0 saturated carbocycles. The van der Waals surface area contributed by atoms with E-state index in [1.165, 1.54) is 12.1 Å². The van der Waals surface area contributed by atoms with E-state index in [-0.39, 0.29) is 11.7 Å². The number of carbonyl (C=O) groups is 1. The van der Waals surface area contributed by atoms with Crippen LogP contribution in [0.1, 0.15) is 29.3 Å². The molecule has 1 saturated heterocycles. The number of hydrogen-bond acceptors (Lipinski definition) is 3. The molecule has 3 aromatic rings. The Hall–Kier alpha value is -2.99. The van der Waals surface area contributed by atoms with Crippen LogP contribution in [0.25, 0.3) is 16.9 Å². The van der Waals surface area contributed by atoms with Gasteiger partial charge >= 0.3 is 0 Å². The van der Waals surface area contributed by atoms with Crippen molar-refractivity contribution >= 4 is 5.91 Å². The average molecular weight is 407 g/mol. The lowest BCUT2D eigenvalue weighted by Gasteiger charge is -2.34. The molecule has 0 N–H and O–H groups in total. The number of nitrogens with zero attached hydrogens (tertiary/aromatic N) is 4. The summed E-state index contributed by atoms with van der Waals surface area (Å²) in [7, 11) is 0. The lowest BCUT2D eigenvalue weighted by molar-refractivity contribution is 0.0638. The Kier molecular flexibility index (Phi) is 5.95.